The number of nitrogens with zero attached hydrogens (tertiary/aromatic N) is 1. The summed E-state index contributed by atoms with van der Waals surface area (Å²) in [5.41, 5.74) is 3.92. The lowest BCUT2D eigenvalue weighted by Crippen LogP contribution is -2.38. The first-order valence-electron chi connectivity index (χ1n) is 6.48. The number of benzene rings is 1. The van der Waals surface area contributed by atoms with Gasteiger partial charge in [-0.15, -0.1) is 0 Å². The Morgan fingerprint density at radius 1 is 1.28 bits per heavy atom. The summed E-state index contributed by atoms with van der Waals surface area (Å²) in [6, 6.07) is 8.44. The van der Waals surface area contributed by atoms with Crippen LogP contribution in [0.3, 0.4) is 0 Å². The van der Waals surface area contributed by atoms with E-state index in [0.29, 0.717) is 0 Å². The minimum atomic E-state index is 0.143. The van der Waals surface area contributed by atoms with Gasteiger partial charge in [0.05, 0.1) is 0 Å². The Morgan fingerprint density at radius 3 is 2.44 bits per heavy atom. The van der Waals surface area contributed by atoms with Crippen molar-refractivity contribution >= 4 is 5.69 Å². The van der Waals surface area contributed by atoms with Crippen LogP contribution in [0, 0.1) is 6.92 Å². The predicted molar refractivity (Wildman–Crippen MR) is 81.3 cm³/mol. The Balaban J connectivity index is 2.53. The van der Waals surface area contributed by atoms with Gasteiger partial charge < -0.3 is 10.2 Å². The van der Waals surface area contributed by atoms with Crippen LogP contribution >= 0.6 is 0 Å². The van der Waals surface area contributed by atoms with E-state index in [0.717, 1.165) is 13.1 Å². The molecular formula is C16H26N2. The second kappa shape index (κ2) is 6.05. The number of likely N-dealkylation sites (N-methyl/N-ethyl adjacent to an activating group) is 1. The minimum Gasteiger partial charge on any atom is -0.370 e. The Hall–Kier alpha value is -1.28. The molecule has 0 aliphatic carbocycles. The van der Waals surface area contributed by atoms with Gasteiger partial charge in [-0.2, -0.15) is 0 Å². The summed E-state index contributed by atoms with van der Waals surface area (Å²) in [7, 11) is 2.12. The minimum absolute atomic E-state index is 0.143. The molecule has 1 aromatic carbocycles. The third-order valence-electron chi connectivity index (χ3n) is 2.86. The van der Waals surface area contributed by atoms with Gasteiger partial charge in [0.25, 0.3) is 0 Å². The maximum atomic E-state index is 4.15. The zero-order chi connectivity index (χ0) is 13.8. The largest absolute Gasteiger partial charge is 0.370 e. The zero-order valence-corrected chi connectivity index (χ0v) is 12.4. The molecule has 0 aliphatic heterocycles. The first-order chi connectivity index (χ1) is 8.29. The summed E-state index contributed by atoms with van der Waals surface area (Å²) in [5.74, 6) is 0. The topological polar surface area (TPSA) is 15.3 Å². The van der Waals surface area contributed by atoms with Crippen molar-refractivity contribution in [3.05, 3.63) is 42.0 Å². The van der Waals surface area contributed by atoms with E-state index >= 15 is 0 Å². The Morgan fingerprint density at radius 2 is 1.89 bits per heavy atom. The van der Waals surface area contributed by atoms with Gasteiger partial charge in [-0.25, -0.2) is 0 Å². The third kappa shape index (κ3) is 4.92. The van der Waals surface area contributed by atoms with Crippen LogP contribution in [0.25, 0.3) is 0 Å². The monoisotopic (exact) mass is 246 g/mol. The van der Waals surface area contributed by atoms with Crippen molar-refractivity contribution in [2.45, 2.75) is 33.2 Å². The molecule has 0 aliphatic rings. The molecule has 1 rings (SSSR count). The molecule has 0 spiro atoms. The van der Waals surface area contributed by atoms with E-state index in [9.17, 15) is 0 Å². The molecule has 2 heteroatoms. The molecule has 1 aromatic rings. The van der Waals surface area contributed by atoms with Crippen molar-refractivity contribution in [1.82, 2.24) is 5.32 Å². The molecule has 0 unspecified atom stereocenters. The van der Waals surface area contributed by atoms with Crippen molar-refractivity contribution in [1.29, 1.82) is 0 Å². The van der Waals surface area contributed by atoms with E-state index in [-0.39, 0.29) is 5.54 Å². The molecular weight excluding hydrogens is 220 g/mol. The standard InChI is InChI=1S/C16H26N2/c1-13(11-17-16(3,4)5)12-18(6)15-10-8-7-9-14(15)2/h7-10,17H,1,11-12H2,2-6H3. The molecule has 0 saturated heterocycles. The second-order valence-electron chi connectivity index (χ2n) is 6.00. The average molecular weight is 246 g/mol. The van der Waals surface area contributed by atoms with Crippen LogP contribution in [0.15, 0.2) is 36.4 Å². The molecule has 0 heterocycles. The molecule has 0 bridgehead atoms. The third-order valence-corrected chi connectivity index (χ3v) is 2.86. The molecule has 0 amide bonds. The maximum Gasteiger partial charge on any atom is 0.0396 e. The Bertz CT molecular complexity index is 402. The fraction of sp³-hybridized carbons (Fsp3) is 0.500. The first kappa shape index (κ1) is 14.8. The van der Waals surface area contributed by atoms with Crippen LogP contribution in [0.1, 0.15) is 26.3 Å². The summed E-state index contributed by atoms with van der Waals surface area (Å²) >= 11 is 0. The lowest BCUT2D eigenvalue weighted by atomic mass is 10.1. The van der Waals surface area contributed by atoms with E-state index in [1.807, 2.05) is 0 Å². The van der Waals surface area contributed by atoms with Gasteiger partial charge in [-0.3, -0.25) is 0 Å². The fourth-order valence-electron chi connectivity index (χ4n) is 1.86. The fourth-order valence-corrected chi connectivity index (χ4v) is 1.86. The molecule has 0 atom stereocenters. The van der Waals surface area contributed by atoms with Crippen molar-refractivity contribution in [2.24, 2.45) is 0 Å². The summed E-state index contributed by atoms with van der Waals surface area (Å²) in [6.07, 6.45) is 0. The average Bonchev–Trinajstić information content (AvgIpc) is 2.26. The van der Waals surface area contributed by atoms with Crippen LogP contribution in [-0.4, -0.2) is 25.7 Å². The number of nitrogens with one attached hydrogen (secondary N) is 1. The van der Waals surface area contributed by atoms with E-state index in [2.05, 4.69) is 75.8 Å². The normalized spacial score (nSPS) is 11.4. The van der Waals surface area contributed by atoms with Crippen molar-refractivity contribution < 1.29 is 0 Å². The summed E-state index contributed by atoms with van der Waals surface area (Å²) in [4.78, 5) is 2.25. The van der Waals surface area contributed by atoms with E-state index < -0.39 is 0 Å². The van der Waals surface area contributed by atoms with Gasteiger partial charge >= 0.3 is 0 Å². The highest BCUT2D eigenvalue weighted by atomic mass is 15.1. The molecule has 18 heavy (non-hydrogen) atoms. The van der Waals surface area contributed by atoms with Gasteiger partial charge in [0, 0.05) is 31.4 Å². The number of anilines is 1. The van der Waals surface area contributed by atoms with Crippen LogP contribution < -0.4 is 10.2 Å². The zero-order valence-electron chi connectivity index (χ0n) is 12.4. The molecule has 1 N–H and O–H groups in total. The summed E-state index contributed by atoms with van der Waals surface area (Å²) in [5, 5.41) is 3.47. The van der Waals surface area contributed by atoms with Crippen molar-refractivity contribution in [3.63, 3.8) is 0 Å². The molecule has 0 aromatic heterocycles. The highest BCUT2D eigenvalue weighted by Gasteiger charge is 2.10. The van der Waals surface area contributed by atoms with Crippen LogP contribution in [-0.2, 0) is 0 Å². The van der Waals surface area contributed by atoms with Crippen LogP contribution in [0.2, 0.25) is 0 Å². The number of para-hydroxylation sites is 1. The SMILES string of the molecule is C=C(CNC(C)(C)C)CN(C)c1ccccc1C. The van der Waals surface area contributed by atoms with E-state index in [1.54, 1.807) is 0 Å². The van der Waals surface area contributed by atoms with E-state index in [4.69, 9.17) is 0 Å². The van der Waals surface area contributed by atoms with Gasteiger partial charge in [-0.05, 0) is 44.9 Å². The maximum absolute atomic E-state index is 4.15. The molecule has 0 saturated carbocycles. The number of hydrogen-bond donors (Lipinski definition) is 1. The lowest BCUT2D eigenvalue weighted by molar-refractivity contribution is 0.443. The van der Waals surface area contributed by atoms with Gasteiger partial charge in [0.1, 0.15) is 0 Å². The molecule has 100 valence electrons. The van der Waals surface area contributed by atoms with Crippen molar-refractivity contribution in [3.8, 4) is 0 Å². The van der Waals surface area contributed by atoms with Crippen LogP contribution in [0.5, 0.6) is 0 Å². The molecule has 2 nitrogen and oxygen atoms in total. The Labute approximate surface area is 112 Å². The first-order valence-corrected chi connectivity index (χ1v) is 6.48. The van der Waals surface area contributed by atoms with Gasteiger partial charge in [-0.1, -0.05) is 24.8 Å². The van der Waals surface area contributed by atoms with Crippen molar-refractivity contribution in [2.75, 3.05) is 25.0 Å². The number of rotatable bonds is 5. The van der Waals surface area contributed by atoms with Crippen LogP contribution in [0.4, 0.5) is 5.69 Å². The number of hydrogen-bond acceptors (Lipinski definition) is 2. The molecule has 0 fully saturated rings. The smallest absolute Gasteiger partial charge is 0.0396 e. The molecule has 0 radical (unpaired) electrons. The highest BCUT2D eigenvalue weighted by Crippen LogP contribution is 2.18. The lowest BCUT2D eigenvalue weighted by Gasteiger charge is -2.25. The second-order valence-corrected chi connectivity index (χ2v) is 6.00. The van der Waals surface area contributed by atoms with Gasteiger partial charge in [0.2, 0.25) is 0 Å². The Kier molecular flexibility index (Phi) is 4.97. The quantitative estimate of drug-likeness (QED) is 0.801. The van der Waals surface area contributed by atoms with E-state index in [1.165, 1.54) is 16.8 Å². The summed E-state index contributed by atoms with van der Waals surface area (Å²) in [6.45, 7) is 14.5. The summed E-state index contributed by atoms with van der Waals surface area (Å²) < 4.78 is 0. The highest BCUT2D eigenvalue weighted by molar-refractivity contribution is 5.53. The number of aryl methyl sites for hydroxylation is 1. The van der Waals surface area contributed by atoms with Gasteiger partial charge in [0.15, 0.2) is 0 Å². The predicted octanol–water partition coefficient (Wildman–Crippen LogP) is 3.38.